The topological polar surface area (TPSA) is 47.6 Å². The zero-order valence-corrected chi connectivity index (χ0v) is 16.6. The maximum Gasteiger partial charge on any atom is 0.231 e. The molecule has 1 amide bonds. The molecule has 1 N–H and O–H groups in total. The lowest BCUT2D eigenvalue weighted by Gasteiger charge is -2.18. The highest BCUT2D eigenvalue weighted by Crippen LogP contribution is 2.33. The molecule has 1 aromatic heterocycles. The van der Waals surface area contributed by atoms with Crippen molar-refractivity contribution >= 4 is 17.2 Å². The van der Waals surface area contributed by atoms with Crippen molar-refractivity contribution < 1.29 is 14.3 Å². The van der Waals surface area contributed by atoms with Crippen LogP contribution in [0.1, 0.15) is 41.0 Å². The second-order valence-corrected chi connectivity index (χ2v) is 7.78. The van der Waals surface area contributed by atoms with Gasteiger partial charge in [-0.05, 0) is 53.1 Å². The fourth-order valence-electron chi connectivity index (χ4n) is 3.31. The molecule has 2 heterocycles. The van der Waals surface area contributed by atoms with Gasteiger partial charge in [0.1, 0.15) is 0 Å². The number of fused-ring (bicyclic) bond motifs is 1. The molecule has 1 aliphatic rings. The summed E-state index contributed by atoms with van der Waals surface area (Å²) in [5.74, 6) is 1.56. The number of hydrogen-bond acceptors (Lipinski definition) is 4. The highest BCUT2D eigenvalue weighted by atomic mass is 32.1. The number of hydrogen-bond donors (Lipinski definition) is 1. The molecule has 0 radical (unpaired) electrons. The third-order valence-electron chi connectivity index (χ3n) is 4.93. The lowest BCUT2D eigenvalue weighted by Crippen LogP contribution is -2.29. The smallest absolute Gasteiger partial charge is 0.231 e. The maximum absolute atomic E-state index is 12.7. The summed E-state index contributed by atoms with van der Waals surface area (Å²) in [7, 11) is 0. The number of ether oxygens (including phenoxy) is 2. The van der Waals surface area contributed by atoms with Crippen LogP contribution in [0.4, 0.5) is 0 Å². The lowest BCUT2D eigenvalue weighted by molar-refractivity contribution is -0.121. The van der Waals surface area contributed by atoms with E-state index in [9.17, 15) is 4.79 Å². The third kappa shape index (κ3) is 4.20. The second kappa shape index (κ2) is 8.48. The standard InChI is InChI=1S/C23H23NO3S/c1-2-16-5-9-18(10-6-16)23(21-4-3-13-28-21)24-22(25)12-8-17-7-11-19-20(14-17)27-15-26-19/h3-7,9-11,13-14,23H,2,8,12,15H2,1H3,(H,24,25)/t23-/m0/s1. The predicted molar refractivity (Wildman–Crippen MR) is 111 cm³/mol. The Bertz CT molecular complexity index is 935. The Hall–Kier alpha value is -2.79. The zero-order chi connectivity index (χ0) is 19.3. The molecule has 0 unspecified atom stereocenters. The first-order valence-corrected chi connectivity index (χ1v) is 10.4. The van der Waals surface area contributed by atoms with Crippen LogP contribution in [0.2, 0.25) is 0 Å². The van der Waals surface area contributed by atoms with Crippen molar-refractivity contribution in [3.05, 3.63) is 81.5 Å². The van der Waals surface area contributed by atoms with Crippen LogP contribution >= 0.6 is 11.3 Å². The molecule has 2 aromatic carbocycles. The van der Waals surface area contributed by atoms with Crippen LogP contribution < -0.4 is 14.8 Å². The first-order valence-electron chi connectivity index (χ1n) is 9.53. The molecule has 0 aliphatic carbocycles. The van der Waals surface area contributed by atoms with Gasteiger partial charge in [-0.1, -0.05) is 43.3 Å². The number of aryl methyl sites for hydroxylation is 2. The molecule has 3 aromatic rings. The molecule has 0 fully saturated rings. The first kappa shape index (κ1) is 18.6. The van der Waals surface area contributed by atoms with Crippen LogP contribution in [0.25, 0.3) is 0 Å². The van der Waals surface area contributed by atoms with Crippen LogP contribution in [0.15, 0.2) is 60.0 Å². The van der Waals surface area contributed by atoms with Crippen molar-refractivity contribution in [2.75, 3.05) is 6.79 Å². The summed E-state index contributed by atoms with van der Waals surface area (Å²) in [4.78, 5) is 13.8. The highest BCUT2D eigenvalue weighted by molar-refractivity contribution is 7.10. The van der Waals surface area contributed by atoms with E-state index in [-0.39, 0.29) is 18.7 Å². The highest BCUT2D eigenvalue weighted by Gasteiger charge is 2.18. The predicted octanol–water partition coefficient (Wildman–Crippen LogP) is 4.88. The Labute approximate surface area is 169 Å². The normalized spacial score (nSPS) is 13.3. The average Bonchev–Trinajstić information content (AvgIpc) is 3.42. The largest absolute Gasteiger partial charge is 0.454 e. The number of benzene rings is 2. The molecule has 0 spiro atoms. The molecular weight excluding hydrogens is 370 g/mol. The van der Waals surface area contributed by atoms with Crippen molar-refractivity contribution in [1.29, 1.82) is 0 Å². The molecule has 1 aliphatic heterocycles. The van der Waals surface area contributed by atoms with Crippen molar-refractivity contribution in [2.45, 2.75) is 32.2 Å². The SMILES string of the molecule is CCc1ccc([C@H](NC(=O)CCc2ccc3c(c2)OCO3)c2cccs2)cc1. The Kier molecular flexibility index (Phi) is 5.63. The fourth-order valence-corrected chi connectivity index (χ4v) is 4.11. The van der Waals surface area contributed by atoms with Gasteiger partial charge in [0.05, 0.1) is 6.04 Å². The zero-order valence-electron chi connectivity index (χ0n) is 15.8. The molecule has 0 saturated carbocycles. The maximum atomic E-state index is 12.7. The Morgan fingerprint density at radius 1 is 1.07 bits per heavy atom. The Balaban J connectivity index is 1.43. The van der Waals surface area contributed by atoms with Crippen molar-refractivity contribution in [3.63, 3.8) is 0 Å². The van der Waals surface area contributed by atoms with Crippen molar-refractivity contribution in [3.8, 4) is 11.5 Å². The Morgan fingerprint density at radius 3 is 2.61 bits per heavy atom. The van der Waals surface area contributed by atoms with E-state index in [1.165, 1.54) is 5.56 Å². The molecule has 1 atom stereocenters. The number of nitrogens with one attached hydrogen (secondary N) is 1. The van der Waals surface area contributed by atoms with Gasteiger partial charge in [0.25, 0.3) is 0 Å². The minimum atomic E-state index is -0.116. The molecule has 4 rings (SSSR count). The quantitative estimate of drug-likeness (QED) is 0.622. The fraction of sp³-hybridized carbons (Fsp3) is 0.261. The number of thiophene rings is 1. The second-order valence-electron chi connectivity index (χ2n) is 6.80. The van der Waals surface area contributed by atoms with Crippen LogP contribution in [-0.4, -0.2) is 12.7 Å². The van der Waals surface area contributed by atoms with Gasteiger partial charge < -0.3 is 14.8 Å². The number of carbonyl (C=O) groups is 1. The Morgan fingerprint density at radius 2 is 1.86 bits per heavy atom. The van der Waals surface area contributed by atoms with Crippen LogP contribution in [0.5, 0.6) is 11.5 Å². The van der Waals surface area contributed by atoms with E-state index in [0.717, 1.165) is 33.9 Å². The van der Waals surface area contributed by atoms with Crippen molar-refractivity contribution in [2.24, 2.45) is 0 Å². The van der Waals surface area contributed by atoms with Gasteiger partial charge in [-0.15, -0.1) is 11.3 Å². The van der Waals surface area contributed by atoms with Gasteiger partial charge in [0.15, 0.2) is 11.5 Å². The van der Waals surface area contributed by atoms with Crippen LogP contribution in [0, 0.1) is 0 Å². The summed E-state index contributed by atoms with van der Waals surface area (Å²) in [6.45, 7) is 2.41. The number of carbonyl (C=O) groups excluding carboxylic acids is 1. The van der Waals surface area contributed by atoms with E-state index in [1.807, 2.05) is 29.6 Å². The summed E-state index contributed by atoms with van der Waals surface area (Å²) in [5, 5.41) is 5.25. The van der Waals surface area contributed by atoms with E-state index in [2.05, 4.69) is 42.6 Å². The van der Waals surface area contributed by atoms with Crippen molar-refractivity contribution in [1.82, 2.24) is 5.32 Å². The summed E-state index contributed by atoms with van der Waals surface area (Å²) < 4.78 is 10.8. The van der Waals surface area contributed by atoms with Gasteiger partial charge in [-0.25, -0.2) is 0 Å². The van der Waals surface area contributed by atoms with Gasteiger partial charge in [-0.3, -0.25) is 4.79 Å². The monoisotopic (exact) mass is 393 g/mol. The average molecular weight is 394 g/mol. The molecule has 5 heteroatoms. The van der Waals surface area contributed by atoms with Crippen LogP contribution in [0.3, 0.4) is 0 Å². The molecule has 0 bridgehead atoms. The third-order valence-corrected chi connectivity index (χ3v) is 5.87. The van der Waals surface area contributed by atoms with E-state index in [4.69, 9.17) is 9.47 Å². The minimum absolute atomic E-state index is 0.0376. The number of amides is 1. The summed E-state index contributed by atoms with van der Waals surface area (Å²) in [6, 6.07) is 18.3. The molecule has 28 heavy (non-hydrogen) atoms. The minimum Gasteiger partial charge on any atom is -0.454 e. The molecule has 144 valence electrons. The molecule has 4 nitrogen and oxygen atoms in total. The van der Waals surface area contributed by atoms with Gasteiger partial charge in [0.2, 0.25) is 12.7 Å². The lowest BCUT2D eigenvalue weighted by atomic mass is 10.0. The van der Waals surface area contributed by atoms with Gasteiger partial charge in [0, 0.05) is 11.3 Å². The van der Waals surface area contributed by atoms with E-state index < -0.39 is 0 Å². The number of rotatable bonds is 7. The van der Waals surface area contributed by atoms with E-state index in [1.54, 1.807) is 11.3 Å². The van der Waals surface area contributed by atoms with E-state index in [0.29, 0.717) is 12.8 Å². The van der Waals surface area contributed by atoms with E-state index >= 15 is 0 Å². The van der Waals surface area contributed by atoms with Gasteiger partial charge in [-0.2, -0.15) is 0 Å². The van der Waals surface area contributed by atoms with Gasteiger partial charge >= 0.3 is 0 Å². The summed E-state index contributed by atoms with van der Waals surface area (Å²) >= 11 is 1.66. The summed E-state index contributed by atoms with van der Waals surface area (Å²) in [5.41, 5.74) is 3.47. The summed E-state index contributed by atoms with van der Waals surface area (Å²) in [6.07, 6.45) is 2.09. The molecular formula is C23H23NO3S. The van der Waals surface area contributed by atoms with Crippen LogP contribution in [-0.2, 0) is 17.6 Å². The molecule has 0 saturated heterocycles. The first-order chi connectivity index (χ1) is 13.7.